The summed E-state index contributed by atoms with van der Waals surface area (Å²) >= 11 is 1.44. The largest absolute Gasteiger partial charge is 0.586 e. The molecule has 0 bridgehead atoms. The summed E-state index contributed by atoms with van der Waals surface area (Å²) in [5.41, 5.74) is 0.696. The molecule has 7 heteroatoms. The van der Waals surface area contributed by atoms with Crippen molar-refractivity contribution in [1.29, 1.82) is 0 Å². The fourth-order valence-corrected chi connectivity index (χ4v) is 2.54. The molecule has 2 aliphatic rings. The summed E-state index contributed by atoms with van der Waals surface area (Å²) in [6.07, 6.45) is -1.93. The third-order valence-corrected chi connectivity index (χ3v) is 3.42. The van der Waals surface area contributed by atoms with Crippen LogP contribution in [0.3, 0.4) is 0 Å². The molecule has 2 aliphatic heterocycles. The van der Waals surface area contributed by atoms with E-state index >= 15 is 0 Å². The molecule has 2 aromatic rings. The molecule has 4 nitrogen and oxygen atoms in total. The molecule has 0 atom stereocenters. The highest BCUT2D eigenvalue weighted by Gasteiger charge is 2.43. The van der Waals surface area contributed by atoms with Gasteiger partial charge >= 0.3 is 6.29 Å². The first-order valence-electron chi connectivity index (χ1n) is 5.05. The fourth-order valence-electron chi connectivity index (χ4n) is 1.90. The van der Waals surface area contributed by atoms with Crippen LogP contribution in [0.1, 0.15) is 12.4 Å². The summed E-state index contributed by atoms with van der Waals surface area (Å²) in [4.78, 5) is 8.36. The van der Waals surface area contributed by atoms with Crippen LogP contribution >= 0.6 is 11.3 Å². The molecule has 0 fully saturated rings. The number of aromatic nitrogens is 1. The minimum Gasteiger partial charge on any atom is -0.395 e. The van der Waals surface area contributed by atoms with Crippen molar-refractivity contribution in [2.24, 2.45) is 4.99 Å². The molecule has 1 aromatic heterocycles. The fraction of sp³-hybridized carbons (Fsp3) is 0.167. The van der Waals surface area contributed by atoms with Gasteiger partial charge in [-0.3, -0.25) is 0 Å². The second-order valence-corrected chi connectivity index (χ2v) is 4.68. The summed E-state index contributed by atoms with van der Waals surface area (Å²) in [7, 11) is 0. The molecule has 0 saturated carbocycles. The number of rotatable bonds is 1. The lowest BCUT2D eigenvalue weighted by Crippen LogP contribution is -2.34. The van der Waals surface area contributed by atoms with Gasteiger partial charge in [0.05, 0.1) is 5.36 Å². The zero-order valence-electron chi connectivity index (χ0n) is 8.68. The highest BCUT2D eigenvalue weighted by atomic mass is 32.1. The molecule has 3 heterocycles. The number of ether oxygens (including phenoxy) is 2. The molecule has 0 aliphatic carbocycles. The predicted molar refractivity (Wildman–Crippen MR) is 64.8 cm³/mol. The van der Waals surface area contributed by atoms with Crippen molar-refractivity contribution in [2.45, 2.75) is 13.7 Å². The Kier molecular flexibility index (Phi) is 2.37. The number of thiazole rings is 1. The summed E-state index contributed by atoms with van der Waals surface area (Å²) in [6, 6.07) is 2.96. The number of alkyl halides is 2. The minimum absolute atomic E-state index is 0. The smallest absolute Gasteiger partial charge is 0.395 e. The monoisotopic (exact) mass is 282 g/mol. The van der Waals surface area contributed by atoms with E-state index in [9.17, 15) is 8.78 Å². The topological polar surface area (TPSA) is 43.7 Å². The summed E-state index contributed by atoms with van der Waals surface area (Å²) < 4.78 is 34.6. The lowest BCUT2D eigenvalue weighted by atomic mass is 10.1. The first kappa shape index (κ1) is 12.0. The normalized spacial score (nSPS) is 17.1. The predicted octanol–water partition coefficient (Wildman–Crippen LogP) is 1.89. The van der Waals surface area contributed by atoms with Crippen molar-refractivity contribution in [3.63, 3.8) is 0 Å². The Morgan fingerprint density at radius 2 is 1.89 bits per heavy atom. The molecule has 0 spiro atoms. The van der Waals surface area contributed by atoms with Crippen molar-refractivity contribution >= 4 is 17.0 Å². The Balaban J connectivity index is 0.00000110. The maximum Gasteiger partial charge on any atom is 0.586 e. The highest BCUT2D eigenvalue weighted by Crippen LogP contribution is 2.39. The van der Waals surface area contributed by atoms with Crippen LogP contribution in [0, 0.1) is 0 Å². The average Bonchev–Trinajstić information content (AvgIpc) is 2.87. The Bertz CT molecular complexity index is 772. The molecule has 4 rings (SSSR count). The average molecular weight is 282 g/mol. The van der Waals surface area contributed by atoms with Crippen LogP contribution in [0.15, 0.2) is 28.7 Å². The van der Waals surface area contributed by atoms with Gasteiger partial charge in [0.2, 0.25) is 0 Å². The second-order valence-electron chi connectivity index (χ2n) is 3.78. The van der Waals surface area contributed by atoms with Gasteiger partial charge in [-0.2, -0.15) is 0 Å². The number of hydrogen-bond donors (Lipinski definition) is 0. The van der Waals surface area contributed by atoms with Crippen molar-refractivity contribution < 1.29 is 18.3 Å². The van der Waals surface area contributed by atoms with Gasteiger partial charge in [0.1, 0.15) is 10.7 Å². The lowest BCUT2D eigenvalue weighted by Gasteiger charge is -2.07. The maximum atomic E-state index is 12.9. The Morgan fingerprint density at radius 1 is 1.16 bits per heavy atom. The first-order chi connectivity index (χ1) is 8.62. The first-order valence-corrected chi connectivity index (χ1v) is 5.93. The van der Waals surface area contributed by atoms with E-state index in [1.54, 1.807) is 6.20 Å². The zero-order chi connectivity index (χ0) is 12.3. The molecule has 19 heavy (non-hydrogen) atoms. The van der Waals surface area contributed by atoms with E-state index in [4.69, 9.17) is 0 Å². The van der Waals surface area contributed by atoms with Crippen molar-refractivity contribution in [3.05, 3.63) is 39.3 Å². The van der Waals surface area contributed by atoms with E-state index in [0.717, 1.165) is 10.2 Å². The third kappa shape index (κ3) is 1.69. The van der Waals surface area contributed by atoms with Gasteiger partial charge in [-0.15, -0.1) is 20.1 Å². The Hall–Kier alpha value is -2.02. The van der Waals surface area contributed by atoms with E-state index in [2.05, 4.69) is 19.5 Å². The van der Waals surface area contributed by atoms with Gasteiger partial charge in [-0.1, -0.05) is 7.43 Å². The molecular formula is C12H8F2N2O2S. The molecule has 0 radical (unpaired) electrons. The van der Waals surface area contributed by atoms with Crippen LogP contribution in [0.2, 0.25) is 0 Å². The number of hydrogen-bond acceptors (Lipinski definition) is 5. The van der Waals surface area contributed by atoms with E-state index in [1.807, 2.05) is 5.38 Å². The number of halogens is 2. The SMILES string of the molecule is C.FC1(F)Oc2cc3c(cc2O1)=C(c1nccs1)N=3. The van der Waals surface area contributed by atoms with Crippen LogP contribution in [0.5, 0.6) is 11.5 Å². The summed E-state index contributed by atoms with van der Waals surface area (Å²) in [6.45, 7) is 0. The Morgan fingerprint density at radius 3 is 2.58 bits per heavy atom. The van der Waals surface area contributed by atoms with Crippen molar-refractivity contribution in [3.8, 4) is 11.5 Å². The van der Waals surface area contributed by atoms with Crippen LogP contribution in [0.25, 0.3) is 5.70 Å². The number of benzene rings is 1. The molecule has 0 unspecified atom stereocenters. The van der Waals surface area contributed by atoms with Crippen molar-refractivity contribution in [1.82, 2.24) is 4.98 Å². The van der Waals surface area contributed by atoms with Gasteiger partial charge in [-0.25, -0.2) is 9.98 Å². The van der Waals surface area contributed by atoms with E-state index in [-0.39, 0.29) is 18.9 Å². The van der Waals surface area contributed by atoms with Gasteiger partial charge in [0.15, 0.2) is 11.5 Å². The van der Waals surface area contributed by atoms with Crippen LogP contribution < -0.4 is 20.0 Å². The zero-order valence-corrected chi connectivity index (χ0v) is 9.50. The molecule has 98 valence electrons. The third-order valence-electron chi connectivity index (χ3n) is 2.64. The molecule has 0 amide bonds. The molecule has 1 aromatic carbocycles. The van der Waals surface area contributed by atoms with Crippen LogP contribution in [0.4, 0.5) is 8.78 Å². The maximum absolute atomic E-state index is 12.9. The molecule has 0 N–H and O–H groups in total. The highest BCUT2D eigenvalue weighted by molar-refractivity contribution is 7.10. The van der Waals surface area contributed by atoms with Crippen LogP contribution in [-0.2, 0) is 0 Å². The molecule has 0 saturated heterocycles. The van der Waals surface area contributed by atoms with E-state index in [1.165, 1.54) is 23.5 Å². The van der Waals surface area contributed by atoms with Gasteiger partial charge in [0.25, 0.3) is 0 Å². The van der Waals surface area contributed by atoms with Gasteiger partial charge in [0, 0.05) is 22.9 Å². The number of fused-ring (bicyclic) bond motifs is 2. The summed E-state index contributed by atoms with van der Waals surface area (Å²) in [5.74, 6) is 0.0448. The second kappa shape index (κ2) is 3.74. The minimum atomic E-state index is -3.59. The van der Waals surface area contributed by atoms with Gasteiger partial charge in [-0.05, 0) is 6.07 Å². The summed E-state index contributed by atoms with van der Waals surface area (Å²) in [5, 5.41) is 3.95. The van der Waals surface area contributed by atoms with Gasteiger partial charge < -0.3 is 9.47 Å². The Labute approximate surface area is 110 Å². The number of nitrogens with zero attached hydrogens (tertiary/aromatic N) is 2. The van der Waals surface area contributed by atoms with E-state index < -0.39 is 6.29 Å². The standard InChI is InChI=1S/C11H4F2N2O2S.CH4/c12-11(13)16-7-3-5-6(4-8(7)17-11)15-9(5)10-14-1-2-18-10;/h1-4H;1H4. The van der Waals surface area contributed by atoms with Crippen molar-refractivity contribution in [2.75, 3.05) is 0 Å². The molecular weight excluding hydrogens is 274 g/mol. The quantitative estimate of drug-likeness (QED) is 0.802. The lowest BCUT2D eigenvalue weighted by molar-refractivity contribution is -0.286. The van der Waals surface area contributed by atoms with E-state index in [0.29, 0.717) is 11.1 Å². The van der Waals surface area contributed by atoms with Crippen LogP contribution in [-0.4, -0.2) is 11.3 Å².